The SMILES string of the molecule is O=C1N[C@@H](c2ccc(OCc3ccccc3)cc2OCc2ccccc2)Nc2ccccc21. The number of ether oxygens (including phenoxy) is 2. The van der Waals surface area contributed by atoms with Crippen molar-refractivity contribution < 1.29 is 14.3 Å². The zero-order valence-electron chi connectivity index (χ0n) is 18.0. The first kappa shape index (κ1) is 20.6. The lowest BCUT2D eigenvalue weighted by molar-refractivity contribution is 0.0935. The fourth-order valence-corrected chi connectivity index (χ4v) is 3.81. The molecule has 0 saturated carbocycles. The molecule has 0 aromatic heterocycles. The highest BCUT2D eigenvalue weighted by atomic mass is 16.5. The lowest BCUT2D eigenvalue weighted by Crippen LogP contribution is -2.38. The van der Waals surface area contributed by atoms with Crippen LogP contribution in [0.5, 0.6) is 11.5 Å². The van der Waals surface area contributed by atoms with Crippen molar-refractivity contribution in [1.82, 2.24) is 5.32 Å². The molecule has 0 fully saturated rings. The molecule has 33 heavy (non-hydrogen) atoms. The molecular formula is C28H24N2O3. The van der Waals surface area contributed by atoms with Crippen LogP contribution >= 0.6 is 0 Å². The summed E-state index contributed by atoms with van der Waals surface area (Å²) in [6.45, 7) is 0.872. The third kappa shape index (κ3) is 4.83. The Morgan fingerprint density at radius 3 is 2.03 bits per heavy atom. The minimum atomic E-state index is -0.415. The molecule has 4 aromatic carbocycles. The number of para-hydroxylation sites is 1. The molecule has 4 aromatic rings. The number of amides is 1. The van der Waals surface area contributed by atoms with E-state index >= 15 is 0 Å². The Bertz CT molecular complexity index is 1240. The van der Waals surface area contributed by atoms with E-state index in [2.05, 4.69) is 10.6 Å². The minimum absolute atomic E-state index is 0.118. The highest BCUT2D eigenvalue weighted by Gasteiger charge is 2.26. The molecule has 0 aliphatic carbocycles. The van der Waals surface area contributed by atoms with Crippen LogP contribution in [0.15, 0.2) is 103 Å². The summed E-state index contributed by atoms with van der Waals surface area (Å²) in [6.07, 6.45) is -0.415. The van der Waals surface area contributed by atoms with Crippen molar-refractivity contribution in [2.75, 3.05) is 5.32 Å². The topological polar surface area (TPSA) is 59.6 Å². The van der Waals surface area contributed by atoms with Crippen LogP contribution in [0.1, 0.15) is 33.2 Å². The zero-order valence-corrected chi connectivity index (χ0v) is 18.0. The van der Waals surface area contributed by atoms with Crippen LogP contribution in [0.4, 0.5) is 5.69 Å². The largest absolute Gasteiger partial charge is 0.489 e. The number of carbonyl (C=O) groups is 1. The van der Waals surface area contributed by atoms with Gasteiger partial charge in [-0.25, -0.2) is 0 Å². The van der Waals surface area contributed by atoms with Crippen LogP contribution in [0.2, 0.25) is 0 Å². The summed E-state index contributed by atoms with van der Waals surface area (Å²) in [4.78, 5) is 12.7. The first-order valence-electron chi connectivity index (χ1n) is 10.9. The third-order valence-electron chi connectivity index (χ3n) is 5.53. The van der Waals surface area contributed by atoms with Crippen LogP contribution in [0, 0.1) is 0 Å². The maximum Gasteiger partial charge on any atom is 0.255 e. The summed E-state index contributed by atoms with van der Waals surface area (Å²) in [5.74, 6) is 1.24. The van der Waals surface area contributed by atoms with Gasteiger partial charge in [0.05, 0.1) is 5.56 Å². The average molecular weight is 437 g/mol. The van der Waals surface area contributed by atoms with Crippen LogP contribution in [-0.2, 0) is 13.2 Å². The van der Waals surface area contributed by atoms with E-state index in [4.69, 9.17) is 9.47 Å². The van der Waals surface area contributed by atoms with Crippen molar-refractivity contribution in [3.05, 3.63) is 125 Å². The maximum atomic E-state index is 12.7. The lowest BCUT2D eigenvalue weighted by atomic mass is 10.0. The van der Waals surface area contributed by atoms with E-state index in [9.17, 15) is 4.79 Å². The number of anilines is 1. The summed E-state index contributed by atoms with van der Waals surface area (Å²) < 4.78 is 12.2. The second-order valence-corrected chi connectivity index (χ2v) is 7.84. The molecule has 1 heterocycles. The fourth-order valence-electron chi connectivity index (χ4n) is 3.81. The summed E-state index contributed by atoms with van der Waals surface area (Å²) in [5.41, 5.74) is 4.41. The summed E-state index contributed by atoms with van der Waals surface area (Å²) >= 11 is 0. The highest BCUT2D eigenvalue weighted by Crippen LogP contribution is 2.34. The van der Waals surface area contributed by atoms with Crippen LogP contribution < -0.4 is 20.1 Å². The Morgan fingerprint density at radius 1 is 0.667 bits per heavy atom. The monoisotopic (exact) mass is 436 g/mol. The van der Waals surface area contributed by atoms with Gasteiger partial charge in [-0.15, -0.1) is 0 Å². The quantitative estimate of drug-likeness (QED) is 0.390. The van der Waals surface area contributed by atoms with Gasteiger partial charge in [0.25, 0.3) is 5.91 Å². The van der Waals surface area contributed by atoms with Crippen molar-refractivity contribution in [2.24, 2.45) is 0 Å². The summed E-state index contributed by atoms with van der Waals surface area (Å²) in [6, 6.07) is 33.2. The molecule has 1 aliphatic rings. The van der Waals surface area contributed by atoms with Crippen LogP contribution in [0.25, 0.3) is 0 Å². The number of hydrogen-bond donors (Lipinski definition) is 2. The summed E-state index contributed by atoms with van der Waals surface area (Å²) in [5, 5.41) is 6.44. The molecule has 0 spiro atoms. The first-order chi connectivity index (χ1) is 16.3. The Kier molecular flexibility index (Phi) is 5.93. The molecule has 5 rings (SSSR count). The van der Waals surface area contributed by atoms with Gasteiger partial charge in [0.1, 0.15) is 30.9 Å². The van der Waals surface area contributed by atoms with E-state index in [0.717, 1.165) is 22.4 Å². The number of nitrogens with one attached hydrogen (secondary N) is 2. The predicted molar refractivity (Wildman–Crippen MR) is 128 cm³/mol. The Balaban J connectivity index is 1.41. The van der Waals surface area contributed by atoms with Crippen molar-refractivity contribution in [3.8, 4) is 11.5 Å². The van der Waals surface area contributed by atoms with E-state index in [-0.39, 0.29) is 5.91 Å². The van der Waals surface area contributed by atoms with E-state index in [1.807, 2.05) is 97.1 Å². The van der Waals surface area contributed by atoms with Gasteiger partial charge < -0.3 is 20.1 Å². The molecule has 5 heteroatoms. The lowest BCUT2D eigenvalue weighted by Gasteiger charge is -2.29. The van der Waals surface area contributed by atoms with Gasteiger partial charge in [-0.05, 0) is 35.4 Å². The number of benzene rings is 4. The number of carbonyl (C=O) groups excluding carboxylic acids is 1. The summed E-state index contributed by atoms with van der Waals surface area (Å²) in [7, 11) is 0. The average Bonchev–Trinajstić information content (AvgIpc) is 2.87. The van der Waals surface area contributed by atoms with E-state index in [0.29, 0.717) is 30.3 Å². The van der Waals surface area contributed by atoms with Crippen molar-refractivity contribution in [2.45, 2.75) is 19.4 Å². The van der Waals surface area contributed by atoms with Crippen LogP contribution in [-0.4, -0.2) is 5.91 Å². The molecule has 1 atom stereocenters. The molecule has 1 aliphatic heterocycles. The van der Waals surface area contributed by atoms with Crippen molar-refractivity contribution in [3.63, 3.8) is 0 Å². The van der Waals surface area contributed by atoms with E-state index < -0.39 is 6.17 Å². The Labute approximate surface area is 193 Å². The molecule has 2 N–H and O–H groups in total. The highest BCUT2D eigenvalue weighted by molar-refractivity contribution is 6.01. The zero-order chi connectivity index (χ0) is 22.5. The van der Waals surface area contributed by atoms with Gasteiger partial charge in [-0.1, -0.05) is 72.8 Å². The van der Waals surface area contributed by atoms with Gasteiger partial charge in [0.15, 0.2) is 0 Å². The van der Waals surface area contributed by atoms with E-state index in [1.165, 1.54) is 0 Å². The fraction of sp³-hybridized carbons (Fsp3) is 0.107. The molecule has 0 saturated heterocycles. The number of fused-ring (bicyclic) bond motifs is 1. The molecule has 164 valence electrons. The Morgan fingerprint density at radius 2 is 1.30 bits per heavy atom. The smallest absolute Gasteiger partial charge is 0.255 e. The predicted octanol–water partition coefficient (Wildman–Crippen LogP) is 5.70. The van der Waals surface area contributed by atoms with E-state index in [1.54, 1.807) is 6.07 Å². The second kappa shape index (κ2) is 9.49. The van der Waals surface area contributed by atoms with Gasteiger partial charge >= 0.3 is 0 Å². The minimum Gasteiger partial charge on any atom is -0.489 e. The molecule has 5 nitrogen and oxygen atoms in total. The maximum absolute atomic E-state index is 12.7. The van der Waals surface area contributed by atoms with Gasteiger partial charge in [0, 0.05) is 17.3 Å². The molecular weight excluding hydrogens is 412 g/mol. The first-order valence-corrected chi connectivity index (χ1v) is 10.9. The third-order valence-corrected chi connectivity index (χ3v) is 5.53. The van der Waals surface area contributed by atoms with Crippen LogP contribution in [0.3, 0.4) is 0 Å². The van der Waals surface area contributed by atoms with Crippen molar-refractivity contribution in [1.29, 1.82) is 0 Å². The molecule has 0 unspecified atom stereocenters. The molecule has 0 radical (unpaired) electrons. The molecule has 0 bridgehead atoms. The second-order valence-electron chi connectivity index (χ2n) is 7.84. The Hall–Kier alpha value is -4.25. The van der Waals surface area contributed by atoms with Gasteiger partial charge in [0.2, 0.25) is 0 Å². The molecule has 1 amide bonds. The van der Waals surface area contributed by atoms with Crippen molar-refractivity contribution >= 4 is 11.6 Å². The number of hydrogen-bond acceptors (Lipinski definition) is 4. The number of rotatable bonds is 7. The van der Waals surface area contributed by atoms with Gasteiger partial charge in [-0.2, -0.15) is 0 Å². The van der Waals surface area contributed by atoms with Gasteiger partial charge in [-0.3, -0.25) is 4.79 Å². The normalized spacial score (nSPS) is 14.5. The standard InChI is InChI=1S/C28H24N2O3/c31-28-23-13-7-8-14-25(23)29-27(30-28)24-16-15-22(32-18-20-9-3-1-4-10-20)17-26(24)33-19-21-11-5-2-6-12-21/h1-17,27,29H,18-19H2,(H,30,31)/t27-/m0/s1.